The lowest BCUT2D eigenvalue weighted by molar-refractivity contribution is 0.810. The van der Waals surface area contributed by atoms with Gasteiger partial charge < -0.3 is 4.90 Å². The minimum atomic E-state index is 1.17. The molecule has 84 valence electrons. The summed E-state index contributed by atoms with van der Waals surface area (Å²) in [7, 11) is 0. The highest BCUT2D eigenvalue weighted by atomic mass is 15.3. The molecule has 0 saturated carbocycles. The van der Waals surface area contributed by atoms with E-state index < -0.39 is 0 Å². The van der Waals surface area contributed by atoms with Gasteiger partial charge in [0.25, 0.3) is 0 Å². The highest BCUT2D eigenvalue weighted by Gasteiger charge is 2.21. The van der Waals surface area contributed by atoms with Crippen molar-refractivity contribution in [3.63, 3.8) is 0 Å². The lowest BCUT2D eigenvalue weighted by atomic mass is 10.1. The Morgan fingerprint density at radius 2 is 1.41 bits per heavy atom. The summed E-state index contributed by atoms with van der Waals surface area (Å²) in [4.78, 5) is 2.39. The summed E-state index contributed by atoms with van der Waals surface area (Å²) in [6.07, 6.45) is 2.27. The molecule has 0 amide bonds. The quantitative estimate of drug-likeness (QED) is 0.566. The van der Waals surface area contributed by atoms with Crippen LogP contribution in [0.2, 0.25) is 0 Å². The fourth-order valence-corrected chi connectivity index (χ4v) is 1.96. The van der Waals surface area contributed by atoms with Gasteiger partial charge in [0.15, 0.2) is 0 Å². The van der Waals surface area contributed by atoms with E-state index >= 15 is 0 Å². The standard InChI is InChI=1S/C16H15N/c1-3-7-14(8-4-1)13-16(17-11-12-17)15-9-5-2-6-10-15/h1-10,13H,11-12H2. The molecule has 3 rings (SSSR count). The van der Waals surface area contributed by atoms with Gasteiger partial charge >= 0.3 is 0 Å². The van der Waals surface area contributed by atoms with Gasteiger partial charge in [-0.3, -0.25) is 0 Å². The predicted octanol–water partition coefficient (Wildman–Crippen LogP) is 3.50. The van der Waals surface area contributed by atoms with Gasteiger partial charge in [-0.15, -0.1) is 0 Å². The van der Waals surface area contributed by atoms with Crippen molar-refractivity contribution in [1.82, 2.24) is 4.90 Å². The highest BCUT2D eigenvalue weighted by Crippen LogP contribution is 2.27. The molecule has 0 aromatic heterocycles. The van der Waals surface area contributed by atoms with Gasteiger partial charge in [-0.05, 0) is 17.2 Å². The first-order valence-electron chi connectivity index (χ1n) is 6.00. The third-order valence-corrected chi connectivity index (χ3v) is 2.96. The molecule has 0 atom stereocenters. The van der Waals surface area contributed by atoms with Crippen LogP contribution in [0.1, 0.15) is 11.1 Å². The minimum Gasteiger partial charge on any atom is -0.367 e. The molecule has 0 spiro atoms. The van der Waals surface area contributed by atoms with Crippen LogP contribution in [0, 0.1) is 0 Å². The van der Waals surface area contributed by atoms with Crippen LogP contribution in [0.25, 0.3) is 11.8 Å². The summed E-state index contributed by atoms with van der Waals surface area (Å²) in [5.74, 6) is 0. The van der Waals surface area contributed by atoms with Crippen molar-refractivity contribution in [2.24, 2.45) is 0 Å². The summed E-state index contributed by atoms with van der Waals surface area (Å²) in [5.41, 5.74) is 3.89. The van der Waals surface area contributed by atoms with E-state index in [1.54, 1.807) is 0 Å². The summed E-state index contributed by atoms with van der Waals surface area (Å²) >= 11 is 0. The Kier molecular flexibility index (Phi) is 2.66. The smallest absolute Gasteiger partial charge is 0.0447 e. The SMILES string of the molecule is C(=C(c1ccccc1)N1CC1)c1ccccc1. The lowest BCUT2D eigenvalue weighted by Crippen LogP contribution is -1.95. The Hall–Kier alpha value is -2.02. The van der Waals surface area contributed by atoms with Crippen molar-refractivity contribution < 1.29 is 0 Å². The average Bonchev–Trinajstić information content (AvgIpc) is 3.23. The number of rotatable bonds is 3. The van der Waals surface area contributed by atoms with Crippen LogP contribution in [-0.2, 0) is 0 Å². The van der Waals surface area contributed by atoms with E-state index in [9.17, 15) is 0 Å². The molecule has 1 aliphatic heterocycles. The van der Waals surface area contributed by atoms with E-state index in [2.05, 4.69) is 71.6 Å². The summed E-state index contributed by atoms with van der Waals surface area (Å²) < 4.78 is 0. The summed E-state index contributed by atoms with van der Waals surface area (Å²) in [6, 6.07) is 21.1. The van der Waals surface area contributed by atoms with Crippen molar-refractivity contribution in [1.29, 1.82) is 0 Å². The van der Waals surface area contributed by atoms with E-state index in [0.29, 0.717) is 0 Å². The molecule has 1 fully saturated rings. The second kappa shape index (κ2) is 4.46. The zero-order valence-corrected chi connectivity index (χ0v) is 9.71. The molecule has 2 aromatic rings. The molecule has 2 aromatic carbocycles. The zero-order valence-electron chi connectivity index (χ0n) is 9.71. The maximum atomic E-state index is 2.39. The van der Waals surface area contributed by atoms with Crippen LogP contribution >= 0.6 is 0 Å². The molecular weight excluding hydrogens is 206 g/mol. The van der Waals surface area contributed by atoms with Crippen LogP contribution in [-0.4, -0.2) is 18.0 Å². The van der Waals surface area contributed by atoms with Gasteiger partial charge in [0.2, 0.25) is 0 Å². The van der Waals surface area contributed by atoms with Crippen LogP contribution in [0.3, 0.4) is 0 Å². The topological polar surface area (TPSA) is 3.01 Å². The molecule has 0 N–H and O–H groups in total. The summed E-state index contributed by atoms with van der Waals surface area (Å²) in [6.45, 7) is 2.35. The van der Waals surface area contributed by atoms with Crippen molar-refractivity contribution in [3.05, 3.63) is 71.8 Å². The lowest BCUT2D eigenvalue weighted by Gasteiger charge is -2.09. The Bertz CT molecular complexity index is 510. The maximum absolute atomic E-state index is 2.39. The Morgan fingerprint density at radius 3 is 2.00 bits per heavy atom. The maximum Gasteiger partial charge on any atom is 0.0447 e. The Labute approximate surface area is 102 Å². The van der Waals surface area contributed by atoms with Crippen LogP contribution in [0.5, 0.6) is 0 Å². The van der Waals surface area contributed by atoms with Crippen LogP contribution in [0.15, 0.2) is 60.7 Å². The van der Waals surface area contributed by atoms with Crippen LogP contribution < -0.4 is 0 Å². The van der Waals surface area contributed by atoms with Gasteiger partial charge in [-0.2, -0.15) is 0 Å². The van der Waals surface area contributed by atoms with E-state index in [-0.39, 0.29) is 0 Å². The minimum absolute atomic E-state index is 1.17. The molecule has 0 aliphatic carbocycles. The summed E-state index contributed by atoms with van der Waals surface area (Å²) in [5, 5.41) is 0. The first-order chi connectivity index (χ1) is 8.43. The zero-order chi connectivity index (χ0) is 11.5. The van der Waals surface area contributed by atoms with E-state index in [4.69, 9.17) is 0 Å². The predicted molar refractivity (Wildman–Crippen MR) is 72.3 cm³/mol. The van der Waals surface area contributed by atoms with E-state index in [1.165, 1.54) is 29.9 Å². The van der Waals surface area contributed by atoms with Gasteiger partial charge in [-0.1, -0.05) is 60.7 Å². The monoisotopic (exact) mass is 221 g/mol. The first-order valence-corrected chi connectivity index (χ1v) is 6.00. The average molecular weight is 221 g/mol. The molecule has 0 bridgehead atoms. The molecule has 17 heavy (non-hydrogen) atoms. The third-order valence-electron chi connectivity index (χ3n) is 2.96. The Morgan fingerprint density at radius 1 is 0.824 bits per heavy atom. The number of hydrogen-bond donors (Lipinski definition) is 0. The van der Waals surface area contributed by atoms with Gasteiger partial charge in [-0.25, -0.2) is 0 Å². The Balaban J connectivity index is 1.99. The first kappa shape index (κ1) is 10.2. The molecule has 1 nitrogen and oxygen atoms in total. The van der Waals surface area contributed by atoms with Gasteiger partial charge in [0.05, 0.1) is 0 Å². The number of hydrogen-bond acceptors (Lipinski definition) is 1. The van der Waals surface area contributed by atoms with E-state index in [1.807, 2.05) is 0 Å². The largest absolute Gasteiger partial charge is 0.367 e. The molecular formula is C16H15N. The van der Waals surface area contributed by atoms with Gasteiger partial charge in [0, 0.05) is 18.8 Å². The second-order valence-corrected chi connectivity index (χ2v) is 4.29. The van der Waals surface area contributed by atoms with E-state index in [0.717, 1.165) is 0 Å². The highest BCUT2D eigenvalue weighted by molar-refractivity contribution is 5.81. The van der Waals surface area contributed by atoms with Crippen molar-refractivity contribution >= 4 is 11.8 Å². The van der Waals surface area contributed by atoms with Gasteiger partial charge in [0.1, 0.15) is 0 Å². The molecule has 0 radical (unpaired) electrons. The van der Waals surface area contributed by atoms with Crippen molar-refractivity contribution in [2.75, 3.05) is 13.1 Å². The van der Waals surface area contributed by atoms with Crippen molar-refractivity contribution in [2.45, 2.75) is 0 Å². The third kappa shape index (κ3) is 2.39. The molecule has 1 heteroatoms. The second-order valence-electron chi connectivity index (χ2n) is 4.29. The normalized spacial score (nSPS) is 14.8. The molecule has 1 aliphatic rings. The molecule has 1 saturated heterocycles. The number of nitrogens with zero attached hydrogens (tertiary/aromatic N) is 1. The van der Waals surface area contributed by atoms with Crippen molar-refractivity contribution in [3.8, 4) is 0 Å². The fraction of sp³-hybridized carbons (Fsp3) is 0.125. The number of benzene rings is 2. The molecule has 1 heterocycles. The molecule has 0 unspecified atom stereocenters. The van der Waals surface area contributed by atoms with Crippen LogP contribution in [0.4, 0.5) is 0 Å². The fourth-order valence-electron chi connectivity index (χ4n) is 1.96.